The molecule has 2 aliphatic heterocycles. The third kappa shape index (κ3) is 1.92. The van der Waals surface area contributed by atoms with E-state index in [1.165, 1.54) is 0 Å². The molecule has 0 radical (unpaired) electrons. The average Bonchev–Trinajstić information content (AvgIpc) is 2.41. The zero-order chi connectivity index (χ0) is 12.5. The van der Waals surface area contributed by atoms with Gasteiger partial charge in [0.05, 0.1) is 0 Å². The first-order valence-electron chi connectivity index (χ1n) is 5.83. The highest BCUT2D eigenvalue weighted by molar-refractivity contribution is 7.99. The van der Waals surface area contributed by atoms with Gasteiger partial charge in [-0.2, -0.15) is 16.9 Å². The van der Waals surface area contributed by atoms with Gasteiger partial charge in [0, 0.05) is 29.3 Å². The quantitative estimate of drug-likeness (QED) is 0.722. The molecule has 3 rings (SSSR count). The predicted octanol–water partition coefficient (Wildman–Crippen LogP) is 0.478. The third-order valence-corrected chi connectivity index (χ3v) is 4.17. The fourth-order valence-electron chi connectivity index (χ4n) is 2.18. The van der Waals surface area contributed by atoms with Crippen LogP contribution in [0.25, 0.3) is 0 Å². The number of hydrogen-bond acceptors (Lipinski definition) is 5. The van der Waals surface area contributed by atoms with Crippen molar-refractivity contribution in [2.24, 2.45) is 5.10 Å². The Kier molecular flexibility index (Phi) is 2.87. The SMILES string of the molecule is Nc1ccc(C2=NNC(=O)C3CSCCN23)cc1. The molecule has 1 aromatic carbocycles. The summed E-state index contributed by atoms with van der Waals surface area (Å²) < 4.78 is 0. The van der Waals surface area contributed by atoms with Gasteiger partial charge in [-0.3, -0.25) is 4.79 Å². The van der Waals surface area contributed by atoms with Crippen molar-refractivity contribution in [3.8, 4) is 0 Å². The minimum Gasteiger partial charge on any atom is -0.399 e. The molecule has 0 spiro atoms. The highest BCUT2D eigenvalue weighted by Gasteiger charge is 2.34. The van der Waals surface area contributed by atoms with Crippen molar-refractivity contribution in [1.82, 2.24) is 10.3 Å². The lowest BCUT2D eigenvalue weighted by atomic mass is 10.1. The largest absolute Gasteiger partial charge is 0.399 e. The van der Waals surface area contributed by atoms with Crippen LogP contribution in [0.2, 0.25) is 0 Å². The number of nitrogens with zero attached hydrogens (tertiary/aromatic N) is 2. The van der Waals surface area contributed by atoms with Gasteiger partial charge in [-0.05, 0) is 24.3 Å². The monoisotopic (exact) mass is 262 g/mol. The molecule has 1 unspecified atom stereocenters. The number of amides is 1. The van der Waals surface area contributed by atoms with Gasteiger partial charge in [-0.25, -0.2) is 5.43 Å². The van der Waals surface area contributed by atoms with Gasteiger partial charge in [0.25, 0.3) is 5.91 Å². The summed E-state index contributed by atoms with van der Waals surface area (Å²) in [5.74, 6) is 2.67. The topological polar surface area (TPSA) is 70.7 Å². The number of rotatable bonds is 1. The van der Waals surface area contributed by atoms with E-state index >= 15 is 0 Å². The van der Waals surface area contributed by atoms with Crippen LogP contribution in [0.1, 0.15) is 5.56 Å². The lowest BCUT2D eigenvalue weighted by Gasteiger charge is -2.38. The Balaban J connectivity index is 1.95. The van der Waals surface area contributed by atoms with E-state index in [4.69, 9.17) is 5.73 Å². The molecule has 6 heteroatoms. The van der Waals surface area contributed by atoms with Crippen molar-refractivity contribution in [3.63, 3.8) is 0 Å². The number of anilines is 1. The molecule has 1 atom stereocenters. The number of hydrogen-bond donors (Lipinski definition) is 2. The van der Waals surface area contributed by atoms with Crippen LogP contribution in [0.15, 0.2) is 29.4 Å². The maximum absolute atomic E-state index is 11.8. The number of fused-ring (bicyclic) bond motifs is 1. The molecule has 1 amide bonds. The fraction of sp³-hybridized carbons (Fsp3) is 0.333. The molecule has 1 saturated heterocycles. The number of carbonyl (C=O) groups excluding carboxylic acids is 1. The molecule has 0 aromatic heterocycles. The van der Waals surface area contributed by atoms with Gasteiger partial charge >= 0.3 is 0 Å². The molecule has 2 heterocycles. The average molecular weight is 262 g/mol. The summed E-state index contributed by atoms with van der Waals surface area (Å²) in [6.07, 6.45) is 0. The van der Waals surface area contributed by atoms with Gasteiger partial charge in [-0.1, -0.05) is 0 Å². The Morgan fingerprint density at radius 2 is 2.17 bits per heavy atom. The number of hydrazone groups is 1. The van der Waals surface area contributed by atoms with Gasteiger partial charge in [-0.15, -0.1) is 0 Å². The lowest BCUT2D eigenvalue weighted by molar-refractivity contribution is -0.125. The van der Waals surface area contributed by atoms with Crippen molar-refractivity contribution in [2.45, 2.75) is 6.04 Å². The first-order valence-corrected chi connectivity index (χ1v) is 6.99. The van der Waals surface area contributed by atoms with Crippen molar-refractivity contribution >= 4 is 29.2 Å². The Morgan fingerprint density at radius 1 is 1.39 bits per heavy atom. The minimum atomic E-state index is -0.103. The summed E-state index contributed by atoms with van der Waals surface area (Å²) >= 11 is 1.81. The second kappa shape index (κ2) is 4.53. The first kappa shape index (κ1) is 11.4. The molecular weight excluding hydrogens is 248 g/mol. The number of benzene rings is 1. The highest BCUT2D eigenvalue weighted by Crippen LogP contribution is 2.22. The zero-order valence-corrected chi connectivity index (χ0v) is 10.6. The van der Waals surface area contributed by atoms with E-state index in [0.717, 1.165) is 35.1 Å². The molecule has 0 aliphatic carbocycles. The standard InChI is InChI=1S/C12H14N4OS/c13-9-3-1-8(2-4-9)11-14-15-12(17)10-7-18-6-5-16(10)11/h1-4,10H,5-7,13H2,(H,15,17). The third-order valence-electron chi connectivity index (χ3n) is 3.14. The van der Waals surface area contributed by atoms with E-state index in [0.29, 0.717) is 0 Å². The predicted molar refractivity (Wildman–Crippen MR) is 73.4 cm³/mol. The van der Waals surface area contributed by atoms with Gasteiger partial charge in [0.1, 0.15) is 6.04 Å². The van der Waals surface area contributed by atoms with Crippen molar-refractivity contribution in [3.05, 3.63) is 29.8 Å². The van der Waals surface area contributed by atoms with Crippen LogP contribution < -0.4 is 11.2 Å². The Hall–Kier alpha value is -1.69. The molecule has 5 nitrogen and oxygen atoms in total. The molecule has 3 N–H and O–H groups in total. The van der Waals surface area contributed by atoms with Crippen LogP contribution in [0.3, 0.4) is 0 Å². The normalized spacial score (nSPS) is 23.1. The highest BCUT2D eigenvalue weighted by atomic mass is 32.2. The van der Waals surface area contributed by atoms with Crippen molar-refractivity contribution in [2.75, 3.05) is 23.8 Å². The lowest BCUT2D eigenvalue weighted by Crippen LogP contribution is -2.57. The molecule has 0 saturated carbocycles. The summed E-state index contributed by atoms with van der Waals surface area (Å²) in [5.41, 5.74) is 10.0. The number of amidine groups is 1. The number of thioether (sulfide) groups is 1. The first-order chi connectivity index (χ1) is 8.75. The maximum Gasteiger partial charge on any atom is 0.263 e. The minimum absolute atomic E-state index is 0.0126. The van der Waals surface area contributed by atoms with E-state index in [-0.39, 0.29) is 11.9 Å². The van der Waals surface area contributed by atoms with Gasteiger partial charge in [0.2, 0.25) is 0 Å². The van der Waals surface area contributed by atoms with E-state index in [1.807, 2.05) is 24.3 Å². The molecular formula is C12H14N4OS. The summed E-state index contributed by atoms with van der Waals surface area (Å²) in [4.78, 5) is 13.9. The molecule has 0 bridgehead atoms. The van der Waals surface area contributed by atoms with E-state index < -0.39 is 0 Å². The summed E-state index contributed by atoms with van der Waals surface area (Å²) in [5, 5.41) is 4.19. The van der Waals surface area contributed by atoms with Crippen LogP contribution in [-0.4, -0.2) is 40.7 Å². The second-order valence-electron chi connectivity index (χ2n) is 4.32. The second-order valence-corrected chi connectivity index (χ2v) is 5.47. The summed E-state index contributed by atoms with van der Waals surface area (Å²) in [7, 11) is 0. The molecule has 94 valence electrons. The number of carbonyl (C=O) groups is 1. The Labute approximate surface area is 109 Å². The van der Waals surface area contributed by atoms with Crippen LogP contribution in [-0.2, 0) is 4.79 Å². The van der Waals surface area contributed by atoms with Gasteiger partial charge in [0.15, 0.2) is 5.84 Å². The summed E-state index contributed by atoms with van der Waals surface area (Å²) in [6, 6.07) is 7.47. The van der Waals surface area contributed by atoms with Gasteiger partial charge < -0.3 is 10.6 Å². The Morgan fingerprint density at radius 3 is 2.94 bits per heavy atom. The Bertz CT molecular complexity index is 499. The number of nitrogens with one attached hydrogen (secondary N) is 1. The van der Waals surface area contributed by atoms with Crippen LogP contribution in [0.4, 0.5) is 5.69 Å². The van der Waals surface area contributed by atoms with Crippen LogP contribution >= 0.6 is 11.8 Å². The van der Waals surface area contributed by atoms with E-state index in [9.17, 15) is 4.79 Å². The fourth-order valence-corrected chi connectivity index (χ4v) is 3.23. The summed E-state index contributed by atoms with van der Waals surface area (Å²) in [6.45, 7) is 0.853. The zero-order valence-electron chi connectivity index (χ0n) is 9.80. The molecule has 18 heavy (non-hydrogen) atoms. The number of nitrogens with two attached hydrogens (primary N) is 1. The number of nitrogen functional groups attached to an aromatic ring is 1. The smallest absolute Gasteiger partial charge is 0.263 e. The van der Waals surface area contributed by atoms with E-state index in [1.54, 1.807) is 11.8 Å². The molecule has 2 aliphatic rings. The van der Waals surface area contributed by atoms with E-state index in [2.05, 4.69) is 15.4 Å². The molecule has 1 fully saturated rings. The molecule has 1 aromatic rings. The van der Waals surface area contributed by atoms with Crippen LogP contribution in [0.5, 0.6) is 0 Å². The van der Waals surface area contributed by atoms with Crippen molar-refractivity contribution in [1.29, 1.82) is 0 Å². The van der Waals surface area contributed by atoms with Crippen LogP contribution in [0, 0.1) is 0 Å². The maximum atomic E-state index is 11.8. The van der Waals surface area contributed by atoms with Crippen molar-refractivity contribution < 1.29 is 4.79 Å².